The van der Waals surface area contributed by atoms with Gasteiger partial charge in [-0.25, -0.2) is 0 Å². The molecule has 0 saturated carbocycles. The first kappa shape index (κ1) is 10.8. The Morgan fingerprint density at radius 2 is 2.00 bits per heavy atom. The van der Waals surface area contributed by atoms with E-state index in [0.29, 0.717) is 0 Å². The van der Waals surface area contributed by atoms with Crippen LogP contribution in [0.25, 0.3) is 27.8 Å². The lowest BCUT2D eigenvalue weighted by Crippen LogP contribution is -1.75. The van der Waals surface area contributed by atoms with Crippen molar-refractivity contribution < 1.29 is 4.42 Å². The minimum absolute atomic E-state index is 0.872. The van der Waals surface area contributed by atoms with Gasteiger partial charge < -0.3 is 4.42 Å². The fraction of sp³-hybridized carbons (Fsp3) is 0.0588. The van der Waals surface area contributed by atoms with Crippen molar-refractivity contribution in [3.63, 3.8) is 0 Å². The van der Waals surface area contributed by atoms with E-state index < -0.39 is 0 Å². The Morgan fingerprint density at radius 1 is 1.11 bits per heavy atom. The summed E-state index contributed by atoms with van der Waals surface area (Å²) in [4.78, 5) is 0. The van der Waals surface area contributed by atoms with Crippen molar-refractivity contribution >= 4 is 27.8 Å². The van der Waals surface area contributed by atoms with E-state index in [-0.39, 0.29) is 0 Å². The molecule has 1 aromatic heterocycles. The summed E-state index contributed by atoms with van der Waals surface area (Å²) in [6.07, 6.45) is 8.77. The minimum Gasteiger partial charge on any atom is -0.464 e. The predicted molar refractivity (Wildman–Crippen MR) is 77.6 cm³/mol. The van der Waals surface area contributed by atoms with Crippen molar-refractivity contribution in [2.24, 2.45) is 0 Å². The van der Waals surface area contributed by atoms with Crippen LogP contribution in [0.2, 0.25) is 0 Å². The zero-order valence-electron chi connectivity index (χ0n) is 10.1. The zero-order chi connectivity index (χ0) is 12.4. The SMILES string of the molecule is C=CC/C=C/c1coc2ccc3ccccc3c12. The summed E-state index contributed by atoms with van der Waals surface area (Å²) < 4.78 is 5.61. The standard InChI is InChI=1S/C17H14O/c1-2-3-4-8-14-12-18-16-11-10-13-7-5-6-9-15(13)17(14)16/h2,4-12H,1,3H2/b8-4+. The summed E-state index contributed by atoms with van der Waals surface area (Å²) in [6, 6.07) is 12.5. The molecule has 0 fully saturated rings. The highest BCUT2D eigenvalue weighted by Crippen LogP contribution is 2.30. The molecule has 3 rings (SSSR count). The second-order valence-corrected chi connectivity index (χ2v) is 4.28. The van der Waals surface area contributed by atoms with Crippen LogP contribution in [0.5, 0.6) is 0 Å². The van der Waals surface area contributed by atoms with Gasteiger partial charge in [-0.1, -0.05) is 48.6 Å². The largest absolute Gasteiger partial charge is 0.464 e. The van der Waals surface area contributed by atoms with Crippen LogP contribution in [0.1, 0.15) is 12.0 Å². The molecule has 1 nitrogen and oxygen atoms in total. The Balaban J connectivity index is 2.26. The van der Waals surface area contributed by atoms with Crippen LogP contribution in [0.15, 0.2) is 65.8 Å². The average molecular weight is 234 g/mol. The number of fused-ring (bicyclic) bond motifs is 3. The van der Waals surface area contributed by atoms with Gasteiger partial charge in [0.2, 0.25) is 0 Å². The molecule has 3 aromatic rings. The van der Waals surface area contributed by atoms with Crippen molar-refractivity contribution in [2.45, 2.75) is 6.42 Å². The molecule has 0 unspecified atom stereocenters. The highest BCUT2D eigenvalue weighted by Gasteiger charge is 2.06. The lowest BCUT2D eigenvalue weighted by atomic mass is 10.0. The Labute approximate surface area is 106 Å². The van der Waals surface area contributed by atoms with Gasteiger partial charge in [0.25, 0.3) is 0 Å². The van der Waals surface area contributed by atoms with Gasteiger partial charge in [0, 0.05) is 10.9 Å². The monoisotopic (exact) mass is 234 g/mol. The van der Waals surface area contributed by atoms with Gasteiger partial charge in [-0.05, 0) is 23.3 Å². The van der Waals surface area contributed by atoms with Crippen molar-refractivity contribution in [3.05, 3.63) is 67.0 Å². The molecule has 0 radical (unpaired) electrons. The number of benzene rings is 2. The van der Waals surface area contributed by atoms with E-state index in [1.54, 1.807) is 0 Å². The maximum Gasteiger partial charge on any atom is 0.135 e. The van der Waals surface area contributed by atoms with Gasteiger partial charge in [-0.15, -0.1) is 6.58 Å². The fourth-order valence-electron chi connectivity index (χ4n) is 2.25. The molecular weight excluding hydrogens is 220 g/mol. The van der Waals surface area contributed by atoms with Gasteiger partial charge >= 0.3 is 0 Å². The van der Waals surface area contributed by atoms with Gasteiger partial charge in [-0.3, -0.25) is 0 Å². The summed E-state index contributed by atoms with van der Waals surface area (Å²) in [6.45, 7) is 3.72. The van der Waals surface area contributed by atoms with E-state index >= 15 is 0 Å². The first-order chi connectivity index (χ1) is 8.90. The first-order valence-corrected chi connectivity index (χ1v) is 6.06. The van der Waals surface area contributed by atoms with Gasteiger partial charge in [-0.2, -0.15) is 0 Å². The zero-order valence-corrected chi connectivity index (χ0v) is 10.1. The molecule has 0 bridgehead atoms. The number of hydrogen-bond donors (Lipinski definition) is 0. The second kappa shape index (κ2) is 4.53. The topological polar surface area (TPSA) is 13.1 Å². The number of hydrogen-bond acceptors (Lipinski definition) is 1. The van der Waals surface area contributed by atoms with E-state index in [2.05, 4.69) is 49.1 Å². The van der Waals surface area contributed by atoms with Crippen LogP contribution in [0.3, 0.4) is 0 Å². The third-order valence-corrected chi connectivity index (χ3v) is 3.09. The molecule has 0 atom stereocenters. The summed E-state index contributed by atoms with van der Waals surface area (Å²) >= 11 is 0. The number of rotatable bonds is 3. The summed E-state index contributed by atoms with van der Waals surface area (Å²) in [5, 5.41) is 3.67. The molecule has 1 heteroatoms. The third kappa shape index (κ3) is 1.74. The maximum absolute atomic E-state index is 5.61. The fourth-order valence-corrected chi connectivity index (χ4v) is 2.25. The molecule has 0 aliphatic carbocycles. The molecule has 88 valence electrons. The van der Waals surface area contributed by atoms with Gasteiger partial charge in [0.1, 0.15) is 5.58 Å². The molecule has 0 aliphatic rings. The van der Waals surface area contributed by atoms with Crippen LogP contribution in [-0.2, 0) is 0 Å². The predicted octanol–water partition coefficient (Wildman–Crippen LogP) is 5.18. The molecule has 0 N–H and O–H groups in total. The number of furan rings is 1. The average Bonchev–Trinajstić information content (AvgIpc) is 2.83. The molecule has 0 saturated heterocycles. The smallest absolute Gasteiger partial charge is 0.135 e. The van der Waals surface area contributed by atoms with Crippen molar-refractivity contribution in [3.8, 4) is 0 Å². The molecular formula is C17H14O. The number of allylic oxidation sites excluding steroid dienone is 2. The minimum atomic E-state index is 0.872. The van der Waals surface area contributed by atoms with Crippen LogP contribution in [-0.4, -0.2) is 0 Å². The van der Waals surface area contributed by atoms with Crippen LogP contribution in [0, 0.1) is 0 Å². The second-order valence-electron chi connectivity index (χ2n) is 4.28. The maximum atomic E-state index is 5.61. The molecule has 2 aromatic carbocycles. The molecule has 0 spiro atoms. The van der Waals surface area contributed by atoms with E-state index in [4.69, 9.17) is 4.42 Å². The molecule has 0 amide bonds. The van der Waals surface area contributed by atoms with Crippen LogP contribution >= 0.6 is 0 Å². The molecule has 18 heavy (non-hydrogen) atoms. The Bertz CT molecular complexity index is 732. The summed E-state index contributed by atoms with van der Waals surface area (Å²) in [5.41, 5.74) is 2.07. The lowest BCUT2D eigenvalue weighted by Gasteiger charge is -1.99. The van der Waals surface area contributed by atoms with Gasteiger partial charge in [0.05, 0.1) is 6.26 Å². The Kier molecular flexibility index (Phi) is 2.73. The lowest BCUT2D eigenvalue weighted by molar-refractivity contribution is 0.615. The summed E-state index contributed by atoms with van der Waals surface area (Å²) in [7, 11) is 0. The van der Waals surface area contributed by atoms with E-state index in [1.807, 2.05) is 18.4 Å². The van der Waals surface area contributed by atoms with Gasteiger partial charge in [0.15, 0.2) is 0 Å². The third-order valence-electron chi connectivity index (χ3n) is 3.09. The molecule has 0 aliphatic heterocycles. The highest BCUT2D eigenvalue weighted by molar-refractivity contribution is 6.09. The Morgan fingerprint density at radius 3 is 2.89 bits per heavy atom. The van der Waals surface area contributed by atoms with Crippen LogP contribution in [0.4, 0.5) is 0 Å². The molecule has 1 heterocycles. The van der Waals surface area contributed by atoms with E-state index in [1.165, 1.54) is 16.2 Å². The normalized spacial score (nSPS) is 11.6. The highest BCUT2D eigenvalue weighted by atomic mass is 16.3. The first-order valence-electron chi connectivity index (χ1n) is 6.06. The van der Waals surface area contributed by atoms with Crippen LogP contribution < -0.4 is 0 Å². The van der Waals surface area contributed by atoms with Crippen molar-refractivity contribution in [1.29, 1.82) is 0 Å². The van der Waals surface area contributed by atoms with Crippen molar-refractivity contribution in [1.82, 2.24) is 0 Å². The summed E-state index contributed by atoms with van der Waals surface area (Å²) in [5.74, 6) is 0. The van der Waals surface area contributed by atoms with E-state index in [9.17, 15) is 0 Å². The Hall–Kier alpha value is -2.28. The van der Waals surface area contributed by atoms with E-state index in [0.717, 1.165) is 17.6 Å². The quantitative estimate of drug-likeness (QED) is 0.569. The van der Waals surface area contributed by atoms with Crippen molar-refractivity contribution in [2.75, 3.05) is 0 Å².